The maximum atomic E-state index is 9.19. The molecule has 7 heavy (non-hydrogen) atoms. The predicted molar refractivity (Wildman–Crippen MR) is 17.5 cm³/mol. The van der Waals surface area contributed by atoms with Gasteiger partial charge in [-0.15, -0.1) is 0 Å². The van der Waals surface area contributed by atoms with Gasteiger partial charge in [-0.1, -0.05) is 0 Å². The smallest absolute Gasteiger partial charge is 0.261 e. The Morgan fingerprint density at radius 3 is 1.43 bits per heavy atom. The molecule has 0 aliphatic carbocycles. The Bertz CT molecular complexity index is 98.1. The van der Waals surface area contributed by atoms with Crippen LogP contribution in [0.5, 0.6) is 0 Å². The van der Waals surface area contributed by atoms with E-state index in [1.54, 1.807) is 0 Å². The van der Waals surface area contributed by atoms with Crippen molar-refractivity contribution in [3.63, 3.8) is 0 Å². The normalized spacial score (nSPS) is 8.29. The molecule has 2 radical (unpaired) electrons. The summed E-state index contributed by atoms with van der Waals surface area (Å²) in [4.78, 5) is 0. The van der Waals surface area contributed by atoms with Gasteiger partial charge in [0.25, 0.3) is 10.1 Å². The zero-order chi connectivity index (χ0) is 4.50. The van der Waals surface area contributed by atoms with Gasteiger partial charge in [-0.05, 0) is 0 Å². The largest absolute Gasteiger partial charge is 0.286 e. The summed E-state index contributed by atoms with van der Waals surface area (Å²) in [5.41, 5.74) is 0. The molecule has 0 atom stereocenters. The van der Waals surface area contributed by atoms with Gasteiger partial charge in [0.15, 0.2) is 0 Å². The number of hydrogen-bond donors (Lipinski definition) is 1. The van der Waals surface area contributed by atoms with Crippen molar-refractivity contribution in [2.75, 3.05) is 6.26 Å². The molecule has 0 aromatic carbocycles. The Labute approximate surface area is 68.6 Å². The average molecular weight is 268 g/mol. The molecule has 0 aromatic heterocycles. The van der Waals surface area contributed by atoms with Crippen LogP contribution in [0.15, 0.2) is 0 Å². The molecule has 0 aliphatic heterocycles. The Kier molecular flexibility index (Phi) is 11.9. The molecule has 0 saturated carbocycles. The molecule has 0 aromatic rings. The maximum Gasteiger partial charge on any atom is 0.261 e. The SMILES string of the molecule is CS(=O)(=O)O.[Ag].[Cu]. The first-order valence-electron chi connectivity index (χ1n) is 0.924. The van der Waals surface area contributed by atoms with Gasteiger partial charge in [-0.2, -0.15) is 8.42 Å². The van der Waals surface area contributed by atoms with Crippen molar-refractivity contribution >= 4 is 10.1 Å². The molecule has 0 unspecified atom stereocenters. The number of hydrogen-bond acceptors (Lipinski definition) is 2. The summed E-state index contributed by atoms with van der Waals surface area (Å²) in [6.45, 7) is 0. The summed E-state index contributed by atoms with van der Waals surface area (Å²) in [5, 5.41) is 0. The van der Waals surface area contributed by atoms with E-state index in [4.69, 9.17) is 4.55 Å². The van der Waals surface area contributed by atoms with E-state index in [1.165, 1.54) is 0 Å². The standard InChI is InChI=1S/CH4O3S.Ag.Cu/c1-5(2,3)4;;/h1H3,(H,2,3,4);;. The predicted octanol–water partition coefficient (Wildman–Crippen LogP) is -0.501. The van der Waals surface area contributed by atoms with Crippen LogP contribution in [-0.4, -0.2) is 19.2 Å². The summed E-state index contributed by atoms with van der Waals surface area (Å²) in [7, 11) is -3.67. The van der Waals surface area contributed by atoms with Crippen LogP contribution in [0.1, 0.15) is 0 Å². The van der Waals surface area contributed by atoms with Crippen molar-refractivity contribution in [2.24, 2.45) is 0 Å². The summed E-state index contributed by atoms with van der Waals surface area (Å²) >= 11 is 0. The molecule has 0 spiro atoms. The van der Waals surface area contributed by atoms with Gasteiger partial charge in [0.2, 0.25) is 0 Å². The van der Waals surface area contributed by atoms with E-state index in [-0.39, 0.29) is 39.4 Å². The molecule has 3 nitrogen and oxygen atoms in total. The molecule has 6 heteroatoms. The number of rotatable bonds is 0. The summed E-state index contributed by atoms with van der Waals surface area (Å²) in [6, 6.07) is 0. The van der Waals surface area contributed by atoms with Crippen LogP contribution >= 0.6 is 0 Å². The molecule has 54 valence electrons. The van der Waals surface area contributed by atoms with Crippen LogP contribution in [0.3, 0.4) is 0 Å². The van der Waals surface area contributed by atoms with Crippen LogP contribution in [0.25, 0.3) is 0 Å². The van der Waals surface area contributed by atoms with Crippen molar-refractivity contribution in [1.82, 2.24) is 0 Å². The van der Waals surface area contributed by atoms with Crippen LogP contribution in [-0.2, 0) is 49.6 Å². The van der Waals surface area contributed by atoms with Crippen LogP contribution in [0.2, 0.25) is 0 Å². The second-order valence-corrected chi connectivity index (χ2v) is 2.20. The van der Waals surface area contributed by atoms with Gasteiger partial charge in [0.1, 0.15) is 0 Å². The van der Waals surface area contributed by atoms with E-state index in [1.807, 2.05) is 0 Å². The molecule has 0 rings (SSSR count). The van der Waals surface area contributed by atoms with E-state index in [0.29, 0.717) is 6.26 Å². The monoisotopic (exact) mass is 266 g/mol. The van der Waals surface area contributed by atoms with Crippen molar-refractivity contribution in [3.05, 3.63) is 0 Å². The fraction of sp³-hybridized carbons (Fsp3) is 1.00. The summed E-state index contributed by atoms with van der Waals surface area (Å²) < 4.78 is 25.9. The average Bonchev–Trinajstić information content (AvgIpc) is 0.722. The minimum atomic E-state index is -3.67. The van der Waals surface area contributed by atoms with Crippen molar-refractivity contribution in [1.29, 1.82) is 0 Å². The van der Waals surface area contributed by atoms with Crippen molar-refractivity contribution in [2.45, 2.75) is 0 Å². The fourth-order valence-electron chi connectivity index (χ4n) is 0. The molecule has 0 heterocycles. The molecule has 0 aliphatic rings. The first-order valence-corrected chi connectivity index (χ1v) is 2.77. The van der Waals surface area contributed by atoms with Gasteiger partial charge in [0, 0.05) is 39.4 Å². The molecule has 0 fully saturated rings. The molecular formula is CH4AgCuO3S. The van der Waals surface area contributed by atoms with Gasteiger partial charge in [0.05, 0.1) is 6.26 Å². The van der Waals surface area contributed by atoms with E-state index < -0.39 is 10.1 Å². The van der Waals surface area contributed by atoms with Crippen molar-refractivity contribution < 1.29 is 52.4 Å². The van der Waals surface area contributed by atoms with Gasteiger partial charge < -0.3 is 0 Å². The molecule has 1 N–H and O–H groups in total. The van der Waals surface area contributed by atoms with Crippen LogP contribution < -0.4 is 0 Å². The van der Waals surface area contributed by atoms with Gasteiger partial charge in [-0.25, -0.2) is 0 Å². The molecular weight excluding hydrogens is 263 g/mol. The fourth-order valence-corrected chi connectivity index (χ4v) is 0. The zero-order valence-electron chi connectivity index (χ0n) is 3.27. The van der Waals surface area contributed by atoms with Gasteiger partial charge in [-0.3, -0.25) is 4.55 Å². The van der Waals surface area contributed by atoms with E-state index >= 15 is 0 Å². The molecule has 0 amide bonds. The Hall–Kier alpha value is 1.17. The zero-order valence-corrected chi connectivity index (χ0v) is 6.52. The third-order valence-corrected chi connectivity index (χ3v) is 0. The van der Waals surface area contributed by atoms with E-state index in [9.17, 15) is 8.42 Å². The van der Waals surface area contributed by atoms with Crippen LogP contribution in [0, 0.1) is 0 Å². The maximum absolute atomic E-state index is 9.19. The third kappa shape index (κ3) is 140. The first kappa shape index (κ1) is 15.7. The first-order chi connectivity index (χ1) is 2.00. The van der Waals surface area contributed by atoms with Crippen LogP contribution in [0.4, 0.5) is 0 Å². The second-order valence-electron chi connectivity index (χ2n) is 0.733. The molecule has 0 saturated heterocycles. The molecule has 0 bridgehead atoms. The van der Waals surface area contributed by atoms with Crippen molar-refractivity contribution in [3.8, 4) is 0 Å². The van der Waals surface area contributed by atoms with E-state index in [2.05, 4.69) is 0 Å². The Balaban J connectivity index is -0.0000000800. The summed E-state index contributed by atoms with van der Waals surface area (Å²) in [5.74, 6) is 0. The van der Waals surface area contributed by atoms with Gasteiger partial charge >= 0.3 is 0 Å². The topological polar surface area (TPSA) is 54.4 Å². The minimum Gasteiger partial charge on any atom is -0.286 e. The summed E-state index contributed by atoms with van der Waals surface area (Å²) in [6.07, 6.45) is 0.715. The Morgan fingerprint density at radius 1 is 1.43 bits per heavy atom. The Morgan fingerprint density at radius 2 is 1.43 bits per heavy atom. The minimum absolute atomic E-state index is 0. The quantitative estimate of drug-likeness (QED) is 0.475. The second kappa shape index (κ2) is 5.31. The van der Waals surface area contributed by atoms with E-state index in [0.717, 1.165) is 0 Å². The third-order valence-electron chi connectivity index (χ3n) is 0.